The molecule has 25 heavy (non-hydrogen) atoms. The molecule has 4 rings (SSSR count). The first-order chi connectivity index (χ1) is 12.2. The Kier molecular flexibility index (Phi) is 4.19. The van der Waals surface area contributed by atoms with E-state index in [2.05, 4.69) is 25.4 Å². The molecular formula is C16H16ClN7O. The number of nitrogens with one attached hydrogen (secondary N) is 1. The van der Waals surface area contributed by atoms with Gasteiger partial charge in [-0.25, -0.2) is 0 Å². The predicted octanol–water partition coefficient (Wildman–Crippen LogP) is 1.74. The van der Waals surface area contributed by atoms with Crippen LogP contribution in [0, 0.1) is 5.92 Å². The summed E-state index contributed by atoms with van der Waals surface area (Å²) in [6.45, 7) is 1.43. The van der Waals surface area contributed by atoms with Gasteiger partial charge in [0, 0.05) is 18.1 Å². The van der Waals surface area contributed by atoms with Gasteiger partial charge >= 0.3 is 0 Å². The number of benzene rings is 1. The van der Waals surface area contributed by atoms with Gasteiger partial charge in [0.1, 0.15) is 12.7 Å². The molecule has 0 aliphatic carbocycles. The van der Waals surface area contributed by atoms with Gasteiger partial charge in [-0.1, -0.05) is 23.7 Å². The fourth-order valence-electron chi connectivity index (χ4n) is 3.06. The van der Waals surface area contributed by atoms with Crippen molar-refractivity contribution in [3.8, 4) is 5.95 Å². The zero-order chi connectivity index (χ0) is 17.2. The predicted molar refractivity (Wildman–Crippen MR) is 90.5 cm³/mol. The zero-order valence-electron chi connectivity index (χ0n) is 13.3. The van der Waals surface area contributed by atoms with Crippen LogP contribution in [-0.4, -0.2) is 53.8 Å². The van der Waals surface area contributed by atoms with E-state index in [0.29, 0.717) is 18.4 Å². The van der Waals surface area contributed by atoms with Gasteiger partial charge in [-0.15, -0.1) is 15.3 Å². The second kappa shape index (κ2) is 6.64. The number of H-pyrrole nitrogens is 1. The smallest absolute Gasteiger partial charge is 0.291 e. The van der Waals surface area contributed by atoms with Gasteiger partial charge in [-0.05, 0) is 36.5 Å². The first-order valence-corrected chi connectivity index (χ1v) is 8.38. The van der Waals surface area contributed by atoms with E-state index in [9.17, 15) is 4.79 Å². The molecule has 1 N–H and O–H groups in total. The topological polar surface area (TPSA) is 92.6 Å². The van der Waals surface area contributed by atoms with E-state index in [1.165, 1.54) is 18.2 Å². The number of hydrogen-bond donors (Lipinski definition) is 1. The van der Waals surface area contributed by atoms with Crippen molar-refractivity contribution in [3.05, 3.63) is 53.3 Å². The molecule has 9 heteroatoms. The maximum absolute atomic E-state index is 12.6. The van der Waals surface area contributed by atoms with Crippen LogP contribution in [0.4, 0.5) is 0 Å². The average Bonchev–Trinajstić information content (AvgIpc) is 3.37. The molecule has 2 aromatic heterocycles. The summed E-state index contributed by atoms with van der Waals surface area (Å²) in [6.07, 6.45) is 4.87. The first-order valence-electron chi connectivity index (χ1n) is 8.00. The van der Waals surface area contributed by atoms with Crippen LogP contribution >= 0.6 is 11.6 Å². The van der Waals surface area contributed by atoms with E-state index in [4.69, 9.17) is 11.6 Å². The summed E-state index contributed by atoms with van der Waals surface area (Å²) < 4.78 is 1.54. The van der Waals surface area contributed by atoms with Crippen molar-refractivity contribution in [2.24, 2.45) is 5.92 Å². The molecule has 1 aliphatic heterocycles. The third kappa shape index (κ3) is 3.39. The van der Waals surface area contributed by atoms with E-state index >= 15 is 0 Å². The molecule has 1 aliphatic rings. The third-order valence-corrected chi connectivity index (χ3v) is 4.59. The lowest BCUT2D eigenvalue weighted by Gasteiger charge is -2.15. The van der Waals surface area contributed by atoms with E-state index < -0.39 is 0 Å². The van der Waals surface area contributed by atoms with Gasteiger partial charge in [0.05, 0.1) is 0 Å². The van der Waals surface area contributed by atoms with E-state index in [0.717, 1.165) is 24.4 Å². The van der Waals surface area contributed by atoms with Crippen molar-refractivity contribution in [2.45, 2.75) is 12.8 Å². The Morgan fingerprint density at radius 3 is 2.76 bits per heavy atom. The number of halogens is 1. The van der Waals surface area contributed by atoms with Crippen molar-refractivity contribution in [2.75, 3.05) is 13.1 Å². The number of aromatic amines is 1. The number of amides is 1. The van der Waals surface area contributed by atoms with Crippen molar-refractivity contribution in [1.29, 1.82) is 0 Å². The quantitative estimate of drug-likeness (QED) is 0.767. The molecule has 8 nitrogen and oxygen atoms in total. The average molecular weight is 358 g/mol. The highest BCUT2D eigenvalue weighted by molar-refractivity contribution is 6.30. The molecule has 1 amide bonds. The highest BCUT2D eigenvalue weighted by Gasteiger charge is 2.29. The number of carbonyl (C=O) groups is 1. The second-order valence-electron chi connectivity index (χ2n) is 6.09. The van der Waals surface area contributed by atoms with Crippen molar-refractivity contribution >= 4 is 17.5 Å². The first kappa shape index (κ1) is 15.8. The van der Waals surface area contributed by atoms with Gasteiger partial charge in [0.2, 0.25) is 5.82 Å². The molecule has 1 atom stereocenters. The number of rotatable bonds is 4. The fraction of sp³-hybridized carbons (Fsp3) is 0.312. The molecule has 1 aromatic carbocycles. The molecular weight excluding hydrogens is 342 g/mol. The van der Waals surface area contributed by atoms with Gasteiger partial charge in [0.15, 0.2) is 0 Å². The summed E-state index contributed by atoms with van der Waals surface area (Å²) in [5, 5.41) is 14.9. The molecule has 1 saturated heterocycles. The second-order valence-corrected chi connectivity index (χ2v) is 6.53. The standard InChI is InChI=1S/C16H16ClN7O/c17-13-3-1-11(2-4-13)7-12-5-6-23(8-12)15(25)14-20-16(22-21-14)24-9-18-19-10-24/h1-4,9-10,12H,5-8H2,(H,20,21,22). The van der Waals surface area contributed by atoms with Crippen LogP contribution in [0.3, 0.4) is 0 Å². The Bertz CT molecular complexity index is 859. The Balaban J connectivity index is 1.39. The minimum absolute atomic E-state index is 0.134. The molecule has 0 spiro atoms. The molecule has 1 unspecified atom stereocenters. The Hall–Kier alpha value is -2.74. The van der Waals surface area contributed by atoms with E-state index in [-0.39, 0.29) is 11.7 Å². The van der Waals surface area contributed by atoms with Crippen molar-refractivity contribution in [3.63, 3.8) is 0 Å². The Labute approximate surface area is 148 Å². The Morgan fingerprint density at radius 2 is 2.00 bits per heavy atom. The monoisotopic (exact) mass is 357 g/mol. The van der Waals surface area contributed by atoms with Crippen LogP contribution in [0.1, 0.15) is 22.6 Å². The van der Waals surface area contributed by atoms with Crippen molar-refractivity contribution < 1.29 is 4.79 Å². The number of likely N-dealkylation sites (tertiary alicyclic amines) is 1. The van der Waals surface area contributed by atoms with Crippen molar-refractivity contribution in [1.82, 2.24) is 34.8 Å². The molecule has 1 fully saturated rings. The molecule has 0 bridgehead atoms. The van der Waals surface area contributed by atoms with Crippen LogP contribution in [-0.2, 0) is 6.42 Å². The zero-order valence-corrected chi connectivity index (χ0v) is 14.1. The van der Waals surface area contributed by atoms with Crippen LogP contribution in [0.2, 0.25) is 5.02 Å². The summed E-state index contributed by atoms with van der Waals surface area (Å²) in [7, 11) is 0. The summed E-state index contributed by atoms with van der Waals surface area (Å²) in [6, 6.07) is 7.87. The lowest BCUT2D eigenvalue weighted by Crippen LogP contribution is -2.29. The van der Waals surface area contributed by atoms with E-state index in [1.54, 1.807) is 4.57 Å². The minimum atomic E-state index is -0.134. The van der Waals surface area contributed by atoms with Crippen LogP contribution in [0.15, 0.2) is 36.9 Å². The molecule has 0 radical (unpaired) electrons. The summed E-state index contributed by atoms with van der Waals surface area (Å²) >= 11 is 5.92. The van der Waals surface area contributed by atoms with Crippen LogP contribution in [0.25, 0.3) is 5.95 Å². The molecule has 3 aromatic rings. The summed E-state index contributed by atoms with van der Waals surface area (Å²) in [4.78, 5) is 18.6. The number of aromatic nitrogens is 6. The largest absolute Gasteiger partial charge is 0.336 e. The lowest BCUT2D eigenvalue weighted by atomic mass is 9.99. The fourth-order valence-corrected chi connectivity index (χ4v) is 3.18. The summed E-state index contributed by atoms with van der Waals surface area (Å²) in [5.41, 5.74) is 1.23. The van der Waals surface area contributed by atoms with Gasteiger partial charge in [-0.2, -0.15) is 4.98 Å². The molecule has 3 heterocycles. The molecule has 0 saturated carbocycles. The lowest BCUT2D eigenvalue weighted by molar-refractivity contribution is 0.0775. The maximum atomic E-state index is 12.6. The number of hydrogen-bond acceptors (Lipinski definition) is 5. The SMILES string of the molecule is O=C(c1nc(-n2cnnc2)n[nH]1)N1CCC(Cc2ccc(Cl)cc2)C1. The normalized spacial score (nSPS) is 17.2. The van der Waals surface area contributed by atoms with Gasteiger partial charge in [-0.3, -0.25) is 14.5 Å². The Morgan fingerprint density at radius 1 is 1.24 bits per heavy atom. The van der Waals surface area contributed by atoms with Crippen LogP contribution < -0.4 is 0 Å². The van der Waals surface area contributed by atoms with Gasteiger partial charge in [0.25, 0.3) is 11.9 Å². The third-order valence-electron chi connectivity index (χ3n) is 4.34. The summed E-state index contributed by atoms with van der Waals surface area (Å²) in [5.74, 6) is 0.886. The van der Waals surface area contributed by atoms with Gasteiger partial charge < -0.3 is 4.90 Å². The highest BCUT2D eigenvalue weighted by Crippen LogP contribution is 2.22. The minimum Gasteiger partial charge on any atom is -0.336 e. The van der Waals surface area contributed by atoms with Crippen LogP contribution in [0.5, 0.6) is 0 Å². The molecule has 128 valence electrons. The maximum Gasteiger partial charge on any atom is 0.291 e. The number of nitrogens with zero attached hydrogens (tertiary/aromatic N) is 6. The van der Waals surface area contributed by atoms with E-state index in [1.807, 2.05) is 29.2 Å². The highest BCUT2D eigenvalue weighted by atomic mass is 35.5. The number of carbonyl (C=O) groups excluding carboxylic acids is 1.